The number of rotatable bonds is 8. The number of ketones is 1. The van der Waals surface area contributed by atoms with Gasteiger partial charge in [-0.3, -0.25) is 19.2 Å². The number of Topliss-reactive ketones (excluding diaryl/α,β-unsaturated/α-hetero) is 1. The molecule has 0 bridgehead atoms. The topological polar surface area (TPSA) is 151 Å². The van der Waals surface area contributed by atoms with Crippen molar-refractivity contribution in [3.05, 3.63) is 11.1 Å². The number of urea groups is 1. The summed E-state index contributed by atoms with van der Waals surface area (Å²) in [4.78, 5) is 66.8. The van der Waals surface area contributed by atoms with Crippen molar-refractivity contribution in [3.63, 3.8) is 0 Å². The number of nitrogens with one attached hydrogen (secondary N) is 3. The maximum Gasteiger partial charge on any atom is 0.315 e. The zero-order valence-electron chi connectivity index (χ0n) is 24.8. The summed E-state index contributed by atoms with van der Waals surface area (Å²) in [5, 5.41) is 8.50. The Labute approximate surface area is 232 Å². The molecule has 39 heavy (non-hydrogen) atoms. The highest BCUT2D eigenvalue weighted by atomic mass is 16.2. The fraction of sp³-hybridized carbons (Fsp3) is 0.759. The molecule has 1 aliphatic heterocycles. The van der Waals surface area contributed by atoms with Crippen LogP contribution in [0.2, 0.25) is 0 Å². The van der Waals surface area contributed by atoms with E-state index < -0.39 is 52.7 Å². The molecule has 3 aliphatic rings. The molecule has 10 nitrogen and oxygen atoms in total. The van der Waals surface area contributed by atoms with E-state index in [0.29, 0.717) is 13.0 Å². The number of carbonyl (C=O) groups is 5. The standard InChI is InChI=1S/C29H47N5O5/c1-15(2)18-13-17-14-34(26(38)23(28(3,4)5)32-27(39)33-29(6,7)8)21(20(17)18)25(37)31-19(22(35)24(30)36)12-16-10-9-11-16/h16-17,19-21,23H,9-14H2,1-8H3,(H2,30,36)(H,31,37)(H2,32,33,39). The van der Waals surface area contributed by atoms with E-state index in [1.54, 1.807) is 4.90 Å². The van der Waals surface area contributed by atoms with Crippen molar-refractivity contribution >= 4 is 29.5 Å². The van der Waals surface area contributed by atoms with E-state index >= 15 is 0 Å². The Morgan fingerprint density at radius 2 is 1.62 bits per heavy atom. The van der Waals surface area contributed by atoms with Crippen LogP contribution in [0, 0.1) is 23.2 Å². The molecular weight excluding hydrogens is 498 g/mol. The van der Waals surface area contributed by atoms with Crippen LogP contribution in [0.4, 0.5) is 4.79 Å². The molecule has 5 N–H and O–H groups in total. The van der Waals surface area contributed by atoms with Crippen LogP contribution in [-0.4, -0.2) is 64.6 Å². The molecule has 1 saturated heterocycles. The van der Waals surface area contributed by atoms with E-state index in [2.05, 4.69) is 16.0 Å². The largest absolute Gasteiger partial charge is 0.363 e. The Bertz CT molecular complexity index is 1050. The van der Waals surface area contributed by atoms with Crippen molar-refractivity contribution in [2.24, 2.45) is 28.9 Å². The van der Waals surface area contributed by atoms with Gasteiger partial charge in [0.05, 0.1) is 6.04 Å². The smallest absolute Gasteiger partial charge is 0.315 e. The van der Waals surface area contributed by atoms with E-state index in [1.165, 1.54) is 0 Å². The number of allylic oxidation sites excluding steroid dienone is 1. The molecule has 0 aromatic carbocycles. The molecule has 10 heteroatoms. The molecule has 5 unspecified atom stereocenters. The van der Waals surface area contributed by atoms with Crippen LogP contribution in [-0.2, 0) is 19.2 Å². The summed E-state index contributed by atoms with van der Waals surface area (Å²) in [6.45, 7) is 15.5. The number of likely N-dealkylation sites (tertiary alicyclic amines) is 1. The molecule has 5 atom stereocenters. The van der Waals surface area contributed by atoms with Crippen LogP contribution in [0.15, 0.2) is 11.1 Å². The van der Waals surface area contributed by atoms with Crippen LogP contribution in [0.1, 0.15) is 87.5 Å². The van der Waals surface area contributed by atoms with Gasteiger partial charge in [-0.05, 0) is 64.7 Å². The number of hydrogen-bond donors (Lipinski definition) is 4. The highest BCUT2D eigenvalue weighted by molar-refractivity contribution is 6.37. The molecule has 1 heterocycles. The third kappa shape index (κ3) is 7.00. The van der Waals surface area contributed by atoms with E-state index in [9.17, 15) is 24.0 Å². The van der Waals surface area contributed by atoms with Gasteiger partial charge >= 0.3 is 6.03 Å². The molecule has 5 amide bonds. The first-order chi connectivity index (χ1) is 17.9. The average Bonchev–Trinajstić information content (AvgIpc) is 3.02. The molecule has 2 saturated carbocycles. The van der Waals surface area contributed by atoms with E-state index in [1.807, 2.05) is 55.4 Å². The van der Waals surface area contributed by atoms with E-state index in [-0.39, 0.29) is 23.7 Å². The fourth-order valence-corrected chi connectivity index (χ4v) is 5.97. The van der Waals surface area contributed by atoms with Gasteiger partial charge < -0.3 is 26.6 Å². The first-order valence-electron chi connectivity index (χ1n) is 14.1. The SMILES string of the molecule is CC(C)=C1CC2CN(C(=O)C(NC(=O)NC(C)(C)C)C(C)(C)C)C(C(=O)NC(CC3CCC3)C(=O)C(N)=O)C12. The monoisotopic (exact) mass is 545 g/mol. The normalized spacial score (nSPS) is 24.5. The summed E-state index contributed by atoms with van der Waals surface area (Å²) in [6.07, 6.45) is 4.09. The van der Waals surface area contributed by atoms with Crippen molar-refractivity contribution in [3.8, 4) is 0 Å². The Hall–Kier alpha value is -2.91. The number of carbonyl (C=O) groups excluding carboxylic acids is 5. The lowest BCUT2D eigenvalue weighted by Crippen LogP contribution is -2.61. The summed E-state index contributed by atoms with van der Waals surface area (Å²) in [5.74, 6) is -2.50. The van der Waals surface area contributed by atoms with Crippen LogP contribution in [0.5, 0.6) is 0 Å². The van der Waals surface area contributed by atoms with Gasteiger partial charge in [-0.25, -0.2) is 4.79 Å². The van der Waals surface area contributed by atoms with Crippen molar-refractivity contribution in [2.45, 2.75) is 111 Å². The summed E-state index contributed by atoms with van der Waals surface area (Å²) < 4.78 is 0. The molecular formula is C29H47N5O5. The van der Waals surface area contributed by atoms with Crippen molar-refractivity contribution in [2.75, 3.05) is 6.54 Å². The molecule has 0 radical (unpaired) electrons. The molecule has 0 aromatic heterocycles. The summed E-state index contributed by atoms with van der Waals surface area (Å²) in [6, 6.07) is -3.21. The number of nitrogens with two attached hydrogens (primary N) is 1. The number of primary amides is 1. The summed E-state index contributed by atoms with van der Waals surface area (Å²) in [7, 11) is 0. The fourth-order valence-electron chi connectivity index (χ4n) is 5.97. The zero-order chi connectivity index (χ0) is 29.4. The van der Waals surface area contributed by atoms with Gasteiger partial charge in [0, 0.05) is 18.0 Å². The van der Waals surface area contributed by atoms with Gasteiger partial charge in [0.25, 0.3) is 5.91 Å². The highest BCUT2D eigenvalue weighted by Gasteiger charge is 2.56. The number of fused-ring (bicyclic) bond motifs is 1. The Morgan fingerprint density at radius 3 is 2.08 bits per heavy atom. The summed E-state index contributed by atoms with van der Waals surface area (Å²) in [5.41, 5.74) is 6.43. The van der Waals surface area contributed by atoms with Gasteiger partial charge in [0.2, 0.25) is 17.6 Å². The minimum Gasteiger partial charge on any atom is -0.363 e. The number of hydrogen-bond acceptors (Lipinski definition) is 5. The predicted molar refractivity (Wildman–Crippen MR) is 148 cm³/mol. The molecule has 3 rings (SSSR count). The minimum absolute atomic E-state index is 0.107. The Balaban J connectivity index is 1.91. The third-order valence-corrected chi connectivity index (χ3v) is 8.24. The van der Waals surface area contributed by atoms with Crippen LogP contribution in [0.25, 0.3) is 0 Å². The zero-order valence-corrected chi connectivity index (χ0v) is 24.8. The van der Waals surface area contributed by atoms with Crippen LogP contribution >= 0.6 is 0 Å². The first-order valence-corrected chi connectivity index (χ1v) is 14.1. The second-order valence-electron chi connectivity index (χ2n) is 13.9. The second kappa shape index (κ2) is 11.3. The van der Waals surface area contributed by atoms with Gasteiger partial charge in [0.15, 0.2) is 0 Å². The van der Waals surface area contributed by atoms with Crippen molar-refractivity contribution < 1.29 is 24.0 Å². The van der Waals surface area contributed by atoms with Crippen molar-refractivity contribution in [1.82, 2.24) is 20.9 Å². The Morgan fingerprint density at radius 1 is 1.00 bits per heavy atom. The lowest BCUT2D eigenvalue weighted by atomic mass is 9.66. The maximum absolute atomic E-state index is 14.1. The van der Waals surface area contributed by atoms with Gasteiger partial charge in [-0.1, -0.05) is 51.2 Å². The van der Waals surface area contributed by atoms with Crippen LogP contribution < -0.4 is 21.7 Å². The summed E-state index contributed by atoms with van der Waals surface area (Å²) >= 11 is 0. The van der Waals surface area contributed by atoms with E-state index in [4.69, 9.17) is 5.73 Å². The third-order valence-electron chi connectivity index (χ3n) is 8.24. The molecule has 0 aromatic rings. The first kappa shape index (κ1) is 30.6. The number of nitrogens with zero attached hydrogens (tertiary/aromatic N) is 1. The Kier molecular flexibility index (Phi) is 8.87. The molecule has 218 valence electrons. The predicted octanol–water partition coefficient (Wildman–Crippen LogP) is 2.41. The molecule has 3 fully saturated rings. The van der Waals surface area contributed by atoms with Gasteiger partial charge in [-0.2, -0.15) is 0 Å². The van der Waals surface area contributed by atoms with E-state index in [0.717, 1.165) is 36.8 Å². The van der Waals surface area contributed by atoms with Crippen molar-refractivity contribution in [1.29, 1.82) is 0 Å². The lowest BCUT2D eigenvalue weighted by Gasteiger charge is -2.39. The van der Waals surface area contributed by atoms with Gasteiger partial charge in [0.1, 0.15) is 12.1 Å². The van der Waals surface area contributed by atoms with Crippen LogP contribution in [0.3, 0.4) is 0 Å². The molecule has 0 spiro atoms. The van der Waals surface area contributed by atoms with Gasteiger partial charge in [-0.15, -0.1) is 0 Å². The average molecular weight is 546 g/mol. The quantitative estimate of drug-likeness (QED) is 0.273. The lowest BCUT2D eigenvalue weighted by molar-refractivity contribution is -0.144. The second-order valence-corrected chi connectivity index (χ2v) is 13.9. The minimum atomic E-state index is -1.08. The molecule has 2 aliphatic carbocycles. The number of amides is 5. The highest BCUT2D eigenvalue weighted by Crippen LogP contribution is 2.51. The maximum atomic E-state index is 14.1.